The number of anilines is 2. The molecule has 0 saturated heterocycles. The van der Waals surface area contributed by atoms with E-state index in [2.05, 4.69) is 10.6 Å². The molecule has 1 atom stereocenters. The molecule has 2 aromatic rings. The van der Waals surface area contributed by atoms with Crippen LogP contribution in [0.1, 0.15) is 18.1 Å². The molecule has 152 valence electrons. The van der Waals surface area contributed by atoms with Crippen molar-refractivity contribution in [3.05, 3.63) is 59.7 Å². The Balaban J connectivity index is 1.99. The fourth-order valence-corrected chi connectivity index (χ4v) is 2.68. The van der Waals surface area contributed by atoms with Crippen LogP contribution in [0.15, 0.2) is 48.5 Å². The van der Waals surface area contributed by atoms with Gasteiger partial charge < -0.3 is 15.5 Å². The molecule has 0 radical (unpaired) electrons. The first-order chi connectivity index (χ1) is 13.7. The molecule has 0 aliphatic rings. The third kappa shape index (κ3) is 6.33. The second-order valence-electron chi connectivity index (χ2n) is 6.25. The monoisotopic (exact) mass is 405 g/mol. The van der Waals surface area contributed by atoms with Gasteiger partial charge in [-0.15, -0.1) is 0 Å². The highest BCUT2D eigenvalue weighted by molar-refractivity contribution is 5.94. The van der Waals surface area contributed by atoms with Crippen LogP contribution in [-0.4, -0.2) is 31.4 Å². The highest BCUT2D eigenvalue weighted by Gasteiger charge is 2.33. The number of benzene rings is 2. The SMILES string of the molecule is CC[NH+](CC(=O)Nc1ccccc1C#N)CC(=O)Nc1ccccc1C(F)(F)F. The van der Waals surface area contributed by atoms with Crippen LogP contribution in [0.25, 0.3) is 0 Å². The Bertz CT molecular complexity index is 922. The summed E-state index contributed by atoms with van der Waals surface area (Å²) in [7, 11) is 0. The van der Waals surface area contributed by atoms with E-state index >= 15 is 0 Å². The summed E-state index contributed by atoms with van der Waals surface area (Å²) in [5.41, 5.74) is -0.593. The number of alkyl halides is 3. The molecule has 9 heteroatoms. The Morgan fingerprint density at radius 3 is 2.03 bits per heavy atom. The third-order valence-electron chi connectivity index (χ3n) is 4.15. The number of nitriles is 1. The van der Waals surface area contributed by atoms with Gasteiger partial charge in [0.15, 0.2) is 13.1 Å². The van der Waals surface area contributed by atoms with Crippen molar-refractivity contribution in [1.29, 1.82) is 5.26 Å². The quantitative estimate of drug-likeness (QED) is 0.659. The molecular weight excluding hydrogens is 385 g/mol. The second-order valence-corrected chi connectivity index (χ2v) is 6.25. The van der Waals surface area contributed by atoms with Gasteiger partial charge in [0.2, 0.25) is 0 Å². The average molecular weight is 405 g/mol. The van der Waals surface area contributed by atoms with Crippen molar-refractivity contribution in [2.24, 2.45) is 0 Å². The minimum Gasteiger partial charge on any atom is -0.321 e. The number of quaternary nitrogens is 1. The third-order valence-corrected chi connectivity index (χ3v) is 4.15. The van der Waals surface area contributed by atoms with Crippen molar-refractivity contribution in [1.82, 2.24) is 0 Å². The lowest BCUT2D eigenvalue weighted by Gasteiger charge is -2.18. The molecule has 1 unspecified atom stereocenters. The number of nitrogens with zero attached hydrogens (tertiary/aromatic N) is 1. The van der Waals surface area contributed by atoms with Gasteiger partial charge in [0.05, 0.1) is 29.0 Å². The molecule has 2 aromatic carbocycles. The van der Waals surface area contributed by atoms with Crippen molar-refractivity contribution in [3.8, 4) is 6.07 Å². The predicted octanol–water partition coefficient (Wildman–Crippen LogP) is 2.06. The summed E-state index contributed by atoms with van der Waals surface area (Å²) in [6.45, 7) is 1.89. The largest absolute Gasteiger partial charge is 0.418 e. The minimum atomic E-state index is -4.59. The molecule has 0 heterocycles. The number of nitrogens with one attached hydrogen (secondary N) is 3. The molecule has 0 aliphatic heterocycles. The van der Waals surface area contributed by atoms with E-state index in [-0.39, 0.29) is 18.8 Å². The Labute approximate surface area is 165 Å². The zero-order chi connectivity index (χ0) is 21.4. The maximum atomic E-state index is 13.0. The van der Waals surface area contributed by atoms with E-state index in [1.165, 1.54) is 18.2 Å². The minimum absolute atomic E-state index is 0.0788. The fraction of sp³-hybridized carbons (Fsp3) is 0.250. The van der Waals surface area contributed by atoms with E-state index < -0.39 is 23.6 Å². The van der Waals surface area contributed by atoms with E-state index in [4.69, 9.17) is 5.26 Å². The summed E-state index contributed by atoms with van der Waals surface area (Å²) < 4.78 is 39.1. The number of carbonyl (C=O) groups is 2. The molecule has 0 bridgehead atoms. The van der Waals surface area contributed by atoms with Crippen molar-refractivity contribution >= 4 is 23.2 Å². The summed E-state index contributed by atoms with van der Waals surface area (Å²) in [6, 6.07) is 13.2. The number of para-hydroxylation sites is 2. The van der Waals surface area contributed by atoms with Gasteiger partial charge in [0, 0.05) is 0 Å². The van der Waals surface area contributed by atoms with E-state index in [1.54, 1.807) is 31.2 Å². The van der Waals surface area contributed by atoms with E-state index in [9.17, 15) is 22.8 Å². The number of hydrogen-bond donors (Lipinski definition) is 3. The maximum Gasteiger partial charge on any atom is 0.418 e. The van der Waals surface area contributed by atoms with Crippen LogP contribution in [0.4, 0.5) is 24.5 Å². The summed E-state index contributed by atoms with van der Waals surface area (Å²) in [6.07, 6.45) is -4.59. The normalized spacial score (nSPS) is 12.0. The van der Waals surface area contributed by atoms with Crippen LogP contribution < -0.4 is 15.5 Å². The standard InChI is InChI=1S/C20H19F3N4O2/c1-2-27(12-18(28)25-16-9-5-3-7-14(16)11-24)13-19(29)26-17-10-6-4-8-15(17)20(21,22)23/h3-10H,2,12-13H2,1H3,(H,25,28)(H,26,29)/p+1. The Morgan fingerprint density at radius 2 is 1.48 bits per heavy atom. The van der Waals surface area contributed by atoms with Gasteiger partial charge in [-0.2, -0.15) is 18.4 Å². The van der Waals surface area contributed by atoms with Gasteiger partial charge in [0.25, 0.3) is 11.8 Å². The Hall–Kier alpha value is -3.38. The summed E-state index contributed by atoms with van der Waals surface area (Å²) in [5, 5.41) is 13.9. The van der Waals surface area contributed by atoms with Crippen LogP contribution in [0.2, 0.25) is 0 Å². The van der Waals surface area contributed by atoms with E-state index in [0.717, 1.165) is 6.07 Å². The zero-order valence-corrected chi connectivity index (χ0v) is 15.6. The Morgan fingerprint density at radius 1 is 0.966 bits per heavy atom. The first-order valence-electron chi connectivity index (χ1n) is 8.83. The topological polar surface area (TPSA) is 86.4 Å². The van der Waals surface area contributed by atoms with Crippen molar-refractivity contribution in [2.75, 3.05) is 30.3 Å². The van der Waals surface area contributed by atoms with Crippen LogP contribution in [0.5, 0.6) is 0 Å². The first kappa shape index (κ1) is 21.9. The molecule has 0 saturated carbocycles. The molecule has 2 amide bonds. The highest BCUT2D eigenvalue weighted by atomic mass is 19.4. The van der Waals surface area contributed by atoms with Crippen LogP contribution in [0.3, 0.4) is 0 Å². The smallest absolute Gasteiger partial charge is 0.321 e. The lowest BCUT2D eigenvalue weighted by Crippen LogP contribution is -3.13. The molecule has 29 heavy (non-hydrogen) atoms. The average Bonchev–Trinajstić information content (AvgIpc) is 2.67. The van der Waals surface area contributed by atoms with Gasteiger partial charge in [-0.25, -0.2) is 0 Å². The van der Waals surface area contributed by atoms with E-state index in [1.807, 2.05) is 6.07 Å². The predicted molar refractivity (Wildman–Crippen MR) is 101 cm³/mol. The van der Waals surface area contributed by atoms with Gasteiger partial charge in [-0.1, -0.05) is 24.3 Å². The summed E-state index contributed by atoms with van der Waals surface area (Å²) >= 11 is 0. The lowest BCUT2D eigenvalue weighted by atomic mass is 10.1. The molecule has 0 aliphatic carbocycles. The molecule has 2 rings (SSSR count). The number of halogens is 3. The van der Waals surface area contributed by atoms with Crippen LogP contribution in [-0.2, 0) is 15.8 Å². The van der Waals surface area contributed by atoms with E-state index in [0.29, 0.717) is 22.7 Å². The van der Waals surface area contributed by atoms with Crippen LogP contribution >= 0.6 is 0 Å². The van der Waals surface area contributed by atoms with Crippen molar-refractivity contribution in [2.45, 2.75) is 13.1 Å². The number of likely N-dealkylation sites (N-methyl/N-ethyl adjacent to an activating group) is 1. The Kier molecular flexibility index (Phi) is 7.33. The molecular formula is C20H20F3N4O2+. The van der Waals surface area contributed by atoms with Gasteiger partial charge in [-0.3, -0.25) is 9.59 Å². The molecule has 3 N–H and O–H groups in total. The maximum absolute atomic E-state index is 13.0. The van der Waals surface area contributed by atoms with Crippen molar-refractivity contribution in [3.63, 3.8) is 0 Å². The lowest BCUT2D eigenvalue weighted by molar-refractivity contribution is -0.881. The summed E-state index contributed by atoms with van der Waals surface area (Å²) in [5.74, 6) is -1.04. The zero-order valence-electron chi connectivity index (χ0n) is 15.6. The number of hydrogen-bond acceptors (Lipinski definition) is 3. The van der Waals surface area contributed by atoms with Crippen LogP contribution in [0, 0.1) is 11.3 Å². The summed E-state index contributed by atoms with van der Waals surface area (Å²) in [4.78, 5) is 25.0. The van der Waals surface area contributed by atoms with Gasteiger partial charge >= 0.3 is 6.18 Å². The number of carbonyl (C=O) groups excluding carboxylic acids is 2. The molecule has 0 fully saturated rings. The van der Waals surface area contributed by atoms with Crippen molar-refractivity contribution < 1.29 is 27.7 Å². The number of rotatable bonds is 7. The van der Waals surface area contributed by atoms with Gasteiger partial charge in [-0.05, 0) is 31.2 Å². The molecule has 0 spiro atoms. The number of amides is 2. The molecule has 0 aromatic heterocycles. The molecule has 6 nitrogen and oxygen atoms in total. The highest BCUT2D eigenvalue weighted by Crippen LogP contribution is 2.34. The second kappa shape index (κ2) is 9.71. The van der Waals surface area contributed by atoms with Gasteiger partial charge in [0.1, 0.15) is 6.07 Å². The fourth-order valence-electron chi connectivity index (χ4n) is 2.68. The first-order valence-corrected chi connectivity index (χ1v) is 8.83.